The second-order valence-corrected chi connectivity index (χ2v) is 10.4. The molecule has 10 nitrogen and oxygen atoms in total. The van der Waals surface area contributed by atoms with Crippen LogP contribution in [-0.2, 0) is 33.9 Å². The van der Waals surface area contributed by atoms with E-state index < -0.39 is 45.5 Å². The molecule has 0 bridgehead atoms. The first kappa shape index (κ1) is 27.0. The summed E-state index contributed by atoms with van der Waals surface area (Å²) in [6.07, 6.45) is 2.60. The van der Waals surface area contributed by atoms with Crippen LogP contribution in [0.15, 0.2) is 29.2 Å². The first-order valence-electron chi connectivity index (χ1n) is 11.9. The molecule has 2 aliphatic rings. The van der Waals surface area contributed by atoms with Gasteiger partial charge in [-0.2, -0.15) is 0 Å². The zero-order chi connectivity index (χ0) is 25.5. The molecule has 2 unspecified atom stereocenters. The first-order chi connectivity index (χ1) is 16.7. The highest BCUT2D eigenvalue weighted by molar-refractivity contribution is 7.89. The SMILES string of the molecule is CCOC(=O)C1OC1C(=O)NC1(C(=O)NCCCCNS(=O)(=O)c2ccc(F)cc2)CCCCC1. The van der Waals surface area contributed by atoms with Gasteiger partial charge in [0.2, 0.25) is 15.9 Å². The normalized spacial score (nSPS) is 21.1. The van der Waals surface area contributed by atoms with Crippen LogP contribution in [0.1, 0.15) is 51.9 Å². The van der Waals surface area contributed by atoms with Crippen LogP contribution in [0.2, 0.25) is 0 Å². The Kier molecular flexibility index (Phi) is 9.20. The van der Waals surface area contributed by atoms with Crippen molar-refractivity contribution in [3.8, 4) is 0 Å². The average molecular weight is 514 g/mol. The number of amides is 2. The first-order valence-corrected chi connectivity index (χ1v) is 13.3. The van der Waals surface area contributed by atoms with E-state index in [4.69, 9.17) is 9.47 Å². The summed E-state index contributed by atoms with van der Waals surface area (Å²) in [5, 5.41) is 5.66. The van der Waals surface area contributed by atoms with E-state index >= 15 is 0 Å². The molecule has 1 aliphatic carbocycles. The van der Waals surface area contributed by atoms with Gasteiger partial charge >= 0.3 is 5.97 Å². The molecule has 3 N–H and O–H groups in total. The maximum absolute atomic E-state index is 13.0. The van der Waals surface area contributed by atoms with E-state index in [0.29, 0.717) is 32.2 Å². The van der Waals surface area contributed by atoms with Gasteiger partial charge in [-0.05, 0) is 56.9 Å². The molecule has 1 aliphatic heterocycles. The summed E-state index contributed by atoms with van der Waals surface area (Å²) in [4.78, 5) is 37.4. The Morgan fingerprint density at radius 3 is 2.37 bits per heavy atom. The third-order valence-corrected chi connectivity index (χ3v) is 7.56. The van der Waals surface area contributed by atoms with E-state index in [1.165, 1.54) is 12.1 Å². The number of carbonyl (C=O) groups excluding carboxylic acids is 3. The fraction of sp³-hybridized carbons (Fsp3) is 0.609. The van der Waals surface area contributed by atoms with Crippen LogP contribution >= 0.6 is 0 Å². The van der Waals surface area contributed by atoms with Crippen LogP contribution in [0, 0.1) is 5.82 Å². The van der Waals surface area contributed by atoms with Crippen molar-refractivity contribution < 1.29 is 36.7 Å². The van der Waals surface area contributed by atoms with Crippen LogP contribution in [0.25, 0.3) is 0 Å². The van der Waals surface area contributed by atoms with E-state index in [1.54, 1.807) is 6.92 Å². The quantitative estimate of drug-likeness (QED) is 0.216. The Morgan fingerprint density at radius 2 is 1.71 bits per heavy atom. The second kappa shape index (κ2) is 11.9. The molecular weight excluding hydrogens is 481 g/mol. The Hall–Kier alpha value is -2.57. The lowest BCUT2D eigenvalue weighted by Crippen LogP contribution is -2.60. The second-order valence-electron chi connectivity index (χ2n) is 8.68. The minimum atomic E-state index is -3.73. The molecule has 1 heterocycles. The number of carbonyl (C=O) groups is 3. The molecule has 35 heavy (non-hydrogen) atoms. The van der Waals surface area contributed by atoms with Crippen molar-refractivity contribution in [1.82, 2.24) is 15.4 Å². The number of esters is 1. The van der Waals surface area contributed by atoms with Crippen LogP contribution in [-0.4, -0.2) is 63.6 Å². The Morgan fingerprint density at radius 1 is 1.06 bits per heavy atom. The summed E-state index contributed by atoms with van der Waals surface area (Å²) in [7, 11) is -3.73. The monoisotopic (exact) mass is 513 g/mol. The van der Waals surface area contributed by atoms with E-state index in [1.807, 2.05) is 0 Å². The molecule has 2 atom stereocenters. The van der Waals surface area contributed by atoms with Crippen LogP contribution < -0.4 is 15.4 Å². The summed E-state index contributed by atoms with van der Waals surface area (Å²) in [5.41, 5.74) is -1.06. The zero-order valence-electron chi connectivity index (χ0n) is 19.7. The molecule has 0 radical (unpaired) electrons. The van der Waals surface area contributed by atoms with Crippen molar-refractivity contribution >= 4 is 27.8 Å². The van der Waals surface area contributed by atoms with Gasteiger partial charge in [0.15, 0.2) is 12.2 Å². The van der Waals surface area contributed by atoms with Crippen molar-refractivity contribution in [3.05, 3.63) is 30.1 Å². The highest BCUT2D eigenvalue weighted by atomic mass is 32.2. The largest absolute Gasteiger partial charge is 0.464 e. The predicted octanol–water partition coefficient (Wildman–Crippen LogP) is 1.15. The number of sulfonamides is 1. The number of nitrogens with one attached hydrogen (secondary N) is 3. The summed E-state index contributed by atoms with van der Waals surface area (Å²) in [6, 6.07) is 4.54. The lowest BCUT2D eigenvalue weighted by Gasteiger charge is -2.36. The minimum Gasteiger partial charge on any atom is -0.464 e. The molecule has 1 saturated carbocycles. The average Bonchev–Trinajstić information content (AvgIpc) is 3.63. The molecule has 1 aromatic rings. The summed E-state index contributed by atoms with van der Waals surface area (Å²) in [6.45, 7) is 2.32. The van der Waals surface area contributed by atoms with E-state index in [2.05, 4.69) is 15.4 Å². The van der Waals surface area contributed by atoms with Gasteiger partial charge < -0.3 is 20.1 Å². The fourth-order valence-corrected chi connectivity index (χ4v) is 5.19. The number of hydrogen-bond donors (Lipinski definition) is 3. The van der Waals surface area contributed by atoms with E-state index in [0.717, 1.165) is 31.4 Å². The Bertz CT molecular complexity index is 1010. The smallest absolute Gasteiger partial charge is 0.338 e. The molecule has 194 valence electrons. The highest BCUT2D eigenvalue weighted by Crippen LogP contribution is 2.31. The van der Waals surface area contributed by atoms with Gasteiger partial charge in [0.1, 0.15) is 11.4 Å². The lowest BCUT2D eigenvalue weighted by molar-refractivity contribution is -0.144. The lowest BCUT2D eigenvalue weighted by atomic mass is 9.80. The fourth-order valence-electron chi connectivity index (χ4n) is 4.11. The highest BCUT2D eigenvalue weighted by Gasteiger charge is 2.54. The van der Waals surface area contributed by atoms with Crippen LogP contribution in [0.4, 0.5) is 4.39 Å². The van der Waals surface area contributed by atoms with Gasteiger partial charge in [-0.3, -0.25) is 9.59 Å². The zero-order valence-corrected chi connectivity index (χ0v) is 20.5. The van der Waals surface area contributed by atoms with Gasteiger partial charge in [0, 0.05) is 13.1 Å². The van der Waals surface area contributed by atoms with Gasteiger partial charge in [-0.25, -0.2) is 22.3 Å². The van der Waals surface area contributed by atoms with Gasteiger partial charge in [-0.1, -0.05) is 19.3 Å². The van der Waals surface area contributed by atoms with Crippen molar-refractivity contribution in [2.75, 3.05) is 19.7 Å². The molecule has 1 aromatic carbocycles. The molecular formula is C23H32FN3O7S. The molecule has 3 rings (SSSR count). The number of hydrogen-bond acceptors (Lipinski definition) is 7. The van der Waals surface area contributed by atoms with Crippen LogP contribution in [0.5, 0.6) is 0 Å². The van der Waals surface area contributed by atoms with Crippen molar-refractivity contribution in [1.29, 1.82) is 0 Å². The Balaban J connectivity index is 1.43. The maximum atomic E-state index is 13.0. The van der Waals surface area contributed by atoms with Gasteiger partial charge in [-0.15, -0.1) is 0 Å². The number of ether oxygens (including phenoxy) is 2. The number of rotatable bonds is 12. The number of unbranched alkanes of at least 4 members (excludes halogenated alkanes) is 1. The van der Waals surface area contributed by atoms with Crippen LogP contribution in [0.3, 0.4) is 0 Å². The van der Waals surface area contributed by atoms with Crippen molar-refractivity contribution in [3.63, 3.8) is 0 Å². The van der Waals surface area contributed by atoms with E-state index in [9.17, 15) is 27.2 Å². The van der Waals surface area contributed by atoms with Crippen molar-refractivity contribution in [2.45, 2.75) is 74.5 Å². The van der Waals surface area contributed by atoms with Gasteiger partial charge in [0.25, 0.3) is 5.91 Å². The number of benzene rings is 1. The van der Waals surface area contributed by atoms with Crippen molar-refractivity contribution in [2.24, 2.45) is 0 Å². The Labute approximate surface area is 204 Å². The maximum Gasteiger partial charge on any atom is 0.338 e. The standard InChI is InChI=1S/C23H32FN3O7S/c1-2-33-21(29)19-18(34-19)20(28)27-23(12-4-3-5-13-23)22(30)25-14-6-7-15-26-35(31,32)17-10-8-16(24)9-11-17/h8-11,18-19,26H,2-7,12-15H2,1H3,(H,25,30)(H,27,28). The molecule has 2 fully saturated rings. The predicted molar refractivity (Wildman–Crippen MR) is 123 cm³/mol. The molecule has 2 amide bonds. The van der Waals surface area contributed by atoms with E-state index in [-0.39, 0.29) is 24.0 Å². The number of halogens is 1. The third-order valence-electron chi connectivity index (χ3n) is 6.08. The molecule has 0 aromatic heterocycles. The topological polar surface area (TPSA) is 143 Å². The molecule has 12 heteroatoms. The minimum absolute atomic E-state index is 0.0213. The summed E-state index contributed by atoms with van der Waals surface area (Å²) >= 11 is 0. The summed E-state index contributed by atoms with van der Waals surface area (Å²) < 4.78 is 49.9. The van der Waals surface area contributed by atoms with Gasteiger partial charge in [0.05, 0.1) is 11.5 Å². The molecule has 0 spiro atoms. The third kappa shape index (κ3) is 7.21. The summed E-state index contributed by atoms with van der Waals surface area (Å²) in [5.74, 6) is -1.92. The molecule has 1 saturated heterocycles. The number of epoxide rings is 1.